The summed E-state index contributed by atoms with van der Waals surface area (Å²) in [7, 11) is 1.72. The summed E-state index contributed by atoms with van der Waals surface area (Å²) in [6, 6.07) is 8.29. The van der Waals surface area contributed by atoms with E-state index in [1.165, 1.54) is 11.1 Å². The minimum absolute atomic E-state index is 0.612. The number of rotatable bonds is 4. The lowest BCUT2D eigenvalue weighted by molar-refractivity contribution is 0.202. The van der Waals surface area contributed by atoms with E-state index in [2.05, 4.69) is 12.1 Å². The fourth-order valence-electron chi connectivity index (χ4n) is 1.13. The van der Waals surface area contributed by atoms with Crippen LogP contribution in [0.3, 0.4) is 0 Å². The van der Waals surface area contributed by atoms with Gasteiger partial charge in [-0.05, 0) is 17.5 Å². The molecule has 0 aliphatic rings. The third-order valence-electron chi connectivity index (χ3n) is 1.82. The van der Waals surface area contributed by atoms with Crippen LogP contribution in [0.25, 0.3) is 0 Å². The van der Waals surface area contributed by atoms with Crippen molar-refractivity contribution in [2.24, 2.45) is 5.73 Å². The van der Waals surface area contributed by atoms with Crippen LogP contribution in [-0.4, -0.2) is 13.7 Å². The highest BCUT2D eigenvalue weighted by atomic mass is 16.5. The van der Waals surface area contributed by atoms with E-state index in [1.54, 1.807) is 7.11 Å². The van der Waals surface area contributed by atoms with Gasteiger partial charge in [-0.15, -0.1) is 0 Å². The van der Waals surface area contributed by atoms with Gasteiger partial charge >= 0.3 is 0 Å². The summed E-state index contributed by atoms with van der Waals surface area (Å²) in [5.74, 6) is 0. The van der Waals surface area contributed by atoms with Crippen LogP contribution < -0.4 is 5.73 Å². The normalized spacial score (nSPS) is 10.2. The first-order valence-corrected chi connectivity index (χ1v) is 4.13. The first-order chi connectivity index (χ1) is 5.86. The third-order valence-corrected chi connectivity index (χ3v) is 1.82. The lowest BCUT2D eigenvalue weighted by Gasteiger charge is -2.02. The van der Waals surface area contributed by atoms with Crippen molar-refractivity contribution in [3.63, 3.8) is 0 Å². The highest BCUT2D eigenvalue weighted by Gasteiger charge is 1.93. The summed E-state index contributed by atoms with van der Waals surface area (Å²) in [6.07, 6.45) is 0.963. The van der Waals surface area contributed by atoms with Gasteiger partial charge in [0.1, 0.15) is 0 Å². The van der Waals surface area contributed by atoms with Crippen LogP contribution in [0.1, 0.15) is 11.1 Å². The van der Waals surface area contributed by atoms with E-state index in [9.17, 15) is 0 Å². The van der Waals surface area contributed by atoms with E-state index in [1.807, 2.05) is 12.1 Å². The Hall–Kier alpha value is -0.860. The minimum atomic E-state index is 0.612. The number of methoxy groups -OCH3 is 1. The molecule has 2 N–H and O–H groups in total. The molecule has 0 heterocycles. The van der Waals surface area contributed by atoms with Crippen LogP contribution in [-0.2, 0) is 17.7 Å². The SMILES string of the molecule is COCCc1cccc(CN)c1. The number of hydrogen-bond acceptors (Lipinski definition) is 2. The molecule has 0 aromatic heterocycles. The molecule has 0 bridgehead atoms. The van der Waals surface area contributed by atoms with E-state index >= 15 is 0 Å². The van der Waals surface area contributed by atoms with Gasteiger partial charge in [-0.1, -0.05) is 24.3 Å². The lowest BCUT2D eigenvalue weighted by Crippen LogP contribution is -1.99. The average Bonchev–Trinajstić information content (AvgIpc) is 2.15. The maximum atomic E-state index is 5.52. The van der Waals surface area contributed by atoms with Crippen LogP contribution in [0.2, 0.25) is 0 Å². The zero-order valence-corrected chi connectivity index (χ0v) is 7.42. The molecule has 12 heavy (non-hydrogen) atoms. The Kier molecular flexibility index (Phi) is 3.77. The zero-order chi connectivity index (χ0) is 8.81. The molecule has 0 unspecified atom stereocenters. The molecule has 0 amide bonds. The standard InChI is InChI=1S/C10H15NO/c1-12-6-5-9-3-2-4-10(7-9)8-11/h2-4,7H,5-6,8,11H2,1H3. The van der Waals surface area contributed by atoms with Crippen molar-refractivity contribution in [2.75, 3.05) is 13.7 Å². The highest BCUT2D eigenvalue weighted by Crippen LogP contribution is 2.05. The monoisotopic (exact) mass is 165 g/mol. The summed E-state index contributed by atoms with van der Waals surface area (Å²) in [6.45, 7) is 1.38. The van der Waals surface area contributed by atoms with Crippen molar-refractivity contribution in [2.45, 2.75) is 13.0 Å². The zero-order valence-electron chi connectivity index (χ0n) is 7.42. The van der Waals surface area contributed by atoms with Crippen molar-refractivity contribution >= 4 is 0 Å². The number of nitrogens with two attached hydrogens (primary N) is 1. The van der Waals surface area contributed by atoms with Gasteiger partial charge in [-0.3, -0.25) is 0 Å². The van der Waals surface area contributed by atoms with Crippen LogP contribution in [0, 0.1) is 0 Å². The number of benzene rings is 1. The Morgan fingerprint density at radius 2 is 2.08 bits per heavy atom. The molecule has 66 valence electrons. The lowest BCUT2D eigenvalue weighted by atomic mass is 10.1. The molecule has 0 saturated carbocycles. The van der Waals surface area contributed by atoms with Gasteiger partial charge in [-0.2, -0.15) is 0 Å². The van der Waals surface area contributed by atoms with E-state index < -0.39 is 0 Å². The van der Waals surface area contributed by atoms with Crippen LogP contribution in [0.5, 0.6) is 0 Å². The Bertz CT molecular complexity index is 235. The Balaban J connectivity index is 2.60. The molecule has 2 heteroatoms. The first-order valence-electron chi connectivity index (χ1n) is 4.13. The Labute approximate surface area is 73.3 Å². The largest absolute Gasteiger partial charge is 0.384 e. The topological polar surface area (TPSA) is 35.2 Å². The van der Waals surface area contributed by atoms with E-state index in [0.29, 0.717) is 6.54 Å². The average molecular weight is 165 g/mol. The molecule has 1 aromatic carbocycles. The van der Waals surface area contributed by atoms with Crippen molar-refractivity contribution < 1.29 is 4.74 Å². The van der Waals surface area contributed by atoms with Crippen LogP contribution in [0.4, 0.5) is 0 Å². The predicted molar refractivity (Wildman–Crippen MR) is 49.9 cm³/mol. The molecule has 1 rings (SSSR count). The Morgan fingerprint density at radius 3 is 2.75 bits per heavy atom. The second-order valence-electron chi connectivity index (χ2n) is 2.77. The first kappa shape index (κ1) is 9.23. The smallest absolute Gasteiger partial charge is 0.0502 e. The number of ether oxygens (including phenoxy) is 1. The summed E-state index contributed by atoms with van der Waals surface area (Å²) in [5, 5.41) is 0. The molecule has 0 spiro atoms. The van der Waals surface area contributed by atoms with Gasteiger partial charge in [0.25, 0.3) is 0 Å². The second-order valence-corrected chi connectivity index (χ2v) is 2.77. The van der Waals surface area contributed by atoms with E-state index in [-0.39, 0.29) is 0 Å². The maximum absolute atomic E-state index is 5.52. The molecular formula is C10H15NO. The van der Waals surface area contributed by atoms with Gasteiger partial charge in [0.2, 0.25) is 0 Å². The van der Waals surface area contributed by atoms with Gasteiger partial charge in [-0.25, -0.2) is 0 Å². The van der Waals surface area contributed by atoms with Crippen molar-refractivity contribution in [3.05, 3.63) is 35.4 Å². The summed E-state index contributed by atoms with van der Waals surface area (Å²) >= 11 is 0. The van der Waals surface area contributed by atoms with Gasteiger partial charge < -0.3 is 10.5 Å². The predicted octanol–water partition coefficient (Wildman–Crippen LogP) is 1.33. The molecule has 0 aliphatic carbocycles. The highest BCUT2D eigenvalue weighted by molar-refractivity contribution is 5.23. The summed E-state index contributed by atoms with van der Waals surface area (Å²) in [4.78, 5) is 0. The molecular weight excluding hydrogens is 150 g/mol. The van der Waals surface area contributed by atoms with Crippen LogP contribution in [0.15, 0.2) is 24.3 Å². The molecule has 0 aliphatic heterocycles. The minimum Gasteiger partial charge on any atom is -0.384 e. The third kappa shape index (κ3) is 2.64. The quantitative estimate of drug-likeness (QED) is 0.730. The number of hydrogen-bond donors (Lipinski definition) is 1. The second kappa shape index (κ2) is 4.91. The molecule has 0 fully saturated rings. The fourth-order valence-corrected chi connectivity index (χ4v) is 1.13. The molecule has 1 aromatic rings. The van der Waals surface area contributed by atoms with Gasteiger partial charge in [0.15, 0.2) is 0 Å². The molecule has 0 atom stereocenters. The maximum Gasteiger partial charge on any atom is 0.0502 e. The van der Waals surface area contributed by atoms with Gasteiger partial charge in [0.05, 0.1) is 6.61 Å². The molecule has 0 radical (unpaired) electrons. The molecule has 2 nitrogen and oxygen atoms in total. The van der Waals surface area contributed by atoms with Crippen molar-refractivity contribution in [1.29, 1.82) is 0 Å². The van der Waals surface area contributed by atoms with E-state index in [0.717, 1.165) is 13.0 Å². The Morgan fingerprint density at radius 1 is 1.33 bits per heavy atom. The van der Waals surface area contributed by atoms with Crippen LogP contribution >= 0.6 is 0 Å². The summed E-state index contributed by atoms with van der Waals surface area (Å²) < 4.78 is 4.99. The molecule has 0 saturated heterocycles. The van der Waals surface area contributed by atoms with Crippen molar-refractivity contribution in [3.8, 4) is 0 Å². The summed E-state index contributed by atoms with van der Waals surface area (Å²) in [5.41, 5.74) is 7.99. The van der Waals surface area contributed by atoms with Crippen molar-refractivity contribution in [1.82, 2.24) is 0 Å². The fraction of sp³-hybridized carbons (Fsp3) is 0.400. The van der Waals surface area contributed by atoms with E-state index in [4.69, 9.17) is 10.5 Å². The van der Waals surface area contributed by atoms with Gasteiger partial charge in [0, 0.05) is 13.7 Å².